The smallest absolute Gasteiger partial charge is 0.329 e. The van der Waals surface area contributed by atoms with Gasteiger partial charge in [-0.3, -0.25) is 24.0 Å². The summed E-state index contributed by atoms with van der Waals surface area (Å²) in [5, 5.41) is 5.71. The number of benzene rings is 1. The third-order valence-corrected chi connectivity index (χ3v) is 11.7. The normalized spacial score (nSPS) is 27.5. The number of unbranched alkanes of at least 4 members (excludes halogenated alkanes) is 2. The first kappa shape index (κ1) is 47.9. The Morgan fingerprint density at radius 3 is 1.95 bits per heavy atom. The van der Waals surface area contributed by atoms with Crippen molar-refractivity contribution >= 4 is 41.5 Å². The lowest BCUT2D eigenvalue weighted by atomic mass is 9.81. The zero-order chi connectivity index (χ0) is 43.6. The number of fused-ring (bicyclic) bond motifs is 1. The summed E-state index contributed by atoms with van der Waals surface area (Å²) in [6, 6.07) is 3.79. The number of carbonyl (C=O) groups is 7. The minimum atomic E-state index is -1.33. The van der Waals surface area contributed by atoms with Gasteiger partial charge in [0.05, 0.1) is 5.41 Å². The Bertz CT molecular complexity index is 1610. The van der Waals surface area contributed by atoms with Crippen LogP contribution in [0.25, 0.3) is 0 Å². The van der Waals surface area contributed by atoms with Crippen molar-refractivity contribution in [1.82, 2.24) is 25.3 Å². The van der Waals surface area contributed by atoms with Gasteiger partial charge in [0.25, 0.3) is 5.91 Å². The number of amides is 5. The van der Waals surface area contributed by atoms with Gasteiger partial charge in [-0.1, -0.05) is 91.6 Å². The topological polar surface area (TPSA) is 172 Å². The first-order chi connectivity index (χ1) is 27.1. The molecule has 7 unspecified atom stereocenters. The number of cyclic esters (lactones) is 2. The number of ether oxygens (including phenoxy) is 2. The summed E-state index contributed by atoms with van der Waals surface area (Å²) in [6.07, 6.45) is 1.34. The number of hydrogen-bond acceptors (Lipinski definition) is 9. The van der Waals surface area contributed by atoms with Crippen molar-refractivity contribution in [3.8, 4) is 0 Å². The Labute approximate surface area is 345 Å². The molecule has 14 heteroatoms. The van der Waals surface area contributed by atoms with Crippen LogP contribution >= 0.6 is 0 Å². The number of rotatable bonds is 9. The Hall–Kier alpha value is -4.49. The fourth-order valence-electron chi connectivity index (χ4n) is 7.64. The van der Waals surface area contributed by atoms with E-state index in [2.05, 4.69) is 10.6 Å². The van der Waals surface area contributed by atoms with E-state index in [1.165, 1.54) is 28.8 Å². The van der Waals surface area contributed by atoms with Crippen molar-refractivity contribution in [1.29, 1.82) is 0 Å². The molecule has 1 aromatic rings. The van der Waals surface area contributed by atoms with Crippen molar-refractivity contribution in [3.63, 3.8) is 0 Å². The van der Waals surface area contributed by atoms with Crippen LogP contribution in [-0.4, -0.2) is 119 Å². The Balaban J connectivity index is 2.17. The number of likely N-dealkylation sites (N-methyl/N-ethyl adjacent to an activating group) is 2. The quantitative estimate of drug-likeness (QED) is 0.273. The van der Waals surface area contributed by atoms with Crippen LogP contribution in [0.3, 0.4) is 0 Å². The molecule has 0 aromatic heterocycles. The van der Waals surface area contributed by atoms with Crippen LogP contribution in [0.2, 0.25) is 0 Å². The van der Waals surface area contributed by atoms with E-state index in [1.54, 1.807) is 62.3 Å². The molecule has 3 rings (SSSR count). The summed E-state index contributed by atoms with van der Waals surface area (Å²) in [7, 11) is 2.96. The Morgan fingerprint density at radius 2 is 1.38 bits per heavy atom. The molecular weight excluding hydrogens is 743 g/mol. The van der Waals surface area contributed by atoms with Gasteiger partial charge in [0.15, 0.2) is 6.10 Å². The molecule has 2 saturated heterocycles. The second-order valence-electron chi connectivity index (χ2n) is 17.6. The van der Waals surface area contributed by atoms with Gasteiger partial charge >= 0.3 is 11.9 Å². The maximum atomic E-state index is 14.5. The predicted molar refractivity (Wildman–Crippen MR) is 220 cm³/mol. The molecule has 7 atom stereocenters. The monoisotopic (exact) mass is 812 g/mol. The van der Waals surface area contributed by atoms with Crippen LogP contribution in [-0.2, 0) is 49.5 Å². The van der Waals surface area contributed by atoms with Crippen molar-refractivity contribution in [2.24, 2.45) is 23.2 Å². The molecule has 14 nitrogen and oxygen atoms in total. The van der Waals surface area contributed by atoms with Gasteiger partial charge in [0.1, 0.15) is 36.3 Å². The zero-order valence-electron chi connectivity index (χ0n) is 36.8. The van der Waals surface area contributed by atoms with E-state index in [-0.39, 0.29) is 13.0 Å². The van der Waals surface area contributed by atoms with Gasteiger partial charge in [-0.05, 0) is 69.8 Å². The highest BCUT2D eigenvalue weighted by Gasteiger charge is 2.46. The first-order valence-corrected chi connectivity index (χ1v) is 21.1. The summed E-state index contributed by atoms with van der Waals surface area (Å²) < 4.78 is 12.2. The molecule has 1 aromatic carbocycles. The highest BCUT2D eigenvalue weighted by molar-refractivity contribution is 5.96. The second-order valence-corrected chi connectivity index (χ2v) is 17.6. The third-order valence-electron chi connectivity index (χ3n) is 11.7. The summed E-state index contributed by atoms with van der Waals surface area (Å²) in [4.78, 5) is 103. The van der Waals surface area contributed by atoms with Gasteiger partial charge in [0.2, 0.25) is 23.6 Å². The van der Waals surface area contributed by atoms with E-state index < -0.39 is 107 Å². The largest absolute Gasteiger partial charge is 0.460 e. The molecule has 58 heavy (non-hydrogen) atoms. The van der Waals surface area contributed by atoms with Gasteiger partial charge in [-0.25, -0.2) is 9.59 Å². The van der Waals surface area contributed by atoms with E-state index in [0.29, 0.717) is 25.7 Å². The Morgan fingerprint density at radius 1 is 0.759 bits per heavy atom. The lowest BCUT2D eigenvalue weighted by molar-refractivity contribution is -0.169. The summed E-state index contributed by atoms with van der Waals surface area (Å²) in [5.74, 6) is -5.51. The summed E-state index contributed by atoms with van der Waals surface area (Å²) in [6.45, 7) is 17.8. The van der Waals surface area contributed by atoms with Crippen molar-refractivity contribution < 1.29 is 43.0 Å². The average molecular weight is 812 g/mol. The number of hydrogen-bond donors (Lipinski definition) is 2. The summed E-state index contributed by atoms with van der Waals surface area (Å²) in [5.41, 5.74) is -0.603. The summed E-state index contributed by atoms with van der Waals surface area (Å²) >= 11 is 0. The minimum Gasteiger partial charge on any atom is -0.460 e. The van der Waals surface area contributed by atoms with Crippen LogP contribution in [0, 0.1) is 23.2 Å². The molecule has 2 N–H and O–H groups in total. The molecule has 5 amide bonds. The second kappa shape index (κ2) is 21.0. The highest BCUT2D eigenvalue weighted by atomic mass is 16.6. The van der Waals surface area contributed by atoms with Crippen molar-refractivity contribution in [3.05, 3.63) is 35.9 Å². The van der Waals surface area contributed by atoms with E-state index >= 15 is 0 Å². The lowest BCUT2D eigenvalue weighted by Gasteiger charge is -2.38. The van der Waals surface area contributed by atoms with Crippen LogP contribution in [0.5, 0.6) is 0 Å². The fraction of sp³-hybridized carbons (Fsp3) is 0.705. The van der Waals surface area contributed by atoms with Crippen LogP contribution in [0.1, 0.15) is 113 Å². The average Bonchev–Trinajstić information content (AvgIpc) is 3.66. The molecule has 0 saturated carbocycles. The fourth-order valence-corrected chi connectivity index (χ4v) is 7.64. The number of carbonyl (C=O) groups excluding carboxylic acids is 7. The molecule has 324 valence electrons. The van der Waals surface area contributed by atoms with E-state index in [4.69, 9.17) is 9.47 Å². The van der Waals surface area contributed by atoms with Gasteiger partial charge in [0, 0.05) is 27.1 Å². The molecule has 0 aliphatic carbocycles. The predicted octanol–water partition coefficient (Wildman–Crippen LogP) is 4.28. The molecule has 2 heterocycles. The lowest BCUT2D eigenvalue weighted by Crippen LogP contribution is -2.60. The Kier molecular flexibility index (Phi) is 17.3. The molecule has 0 bridgehead atoms. The molecule has 0 radical (unpaired) electrons. The highest BCUT2D eigenvalue weighted by Crippen LogP contribution is 2.31. The molecule has 0 spiro atoms. The molecule has 2 aliphatic rings. The third kappa shape index (κ3) is 11.6. The molecular formula is C44H69N5O9. The molecule has 2 fully saturated rings. The van der Waals surface area contributed by atoms with Gasteiger partial charge in [-0.15, -0.1) is 0 Å². The molecule has 2 aliphatic heterocycles. The zero-order valence-corrected chi connectivity index (χ0v) is 36.8. The van der Waals surface area contributed by atoms with Gasteiger partial charge < -0.3 is 34.8 Å². The number of nitrogens with zero attached hydrogens (tertiary/aromatic N) is 3. The first-order valence-electron chi connectivity index (χ1n) is 21.1. The minimum absolute atomic E-state index is 0.0197. The number of esters is 2. The maximum absolute atomic E-state index is 14.5. The van der Waals surface area contributed by atoms with E-state index in [9.17, 15) is 33.6 Å². The van der Waals surface area contributed by atoms with E-state index in [1.807, 2.05) is 37.3 Å². The van der Waals surface area contributed by atoms with Crippen LogP contribution < -0.4 is 10.6 Å². The van der Waals surface area contributed by atoms with Crippen LogP contribution in [0.4, 0.5) is 0 Å². The van der Waals surface area contributed by atoms with Crippen molar-refractivity contribution in [2.75, 3.05) is 20.6 Å². The maximum Gasteiger partial charge on any atom is 0.329 e. The van der Waals surface area contributed by atoms with Gasteiger partial charge in [-0.2, -0.15) is 0 Å². The van der Waals surface area contributed by atoms with Crippen molar-refractivity contribution in [2.45, 2.75) is 157 Å². The van der Waals surface area contributed by atoms with Crippen LogP contribution in [0.15, 0.2) is 30.3 Å². The SMILES string of the molecule is CCCCCC1OC(=O)C(C(C)C)NC(=O)C(C)N(C)C(=O)C2CCCN2C(=O)C(Cc2ccccc2)OC(=O)C(C(C)C)N(C)C(=O)C(C(C)C)NC(=O)C1(C)C. The van der Waals surface area contributed by atoms with E-state index in [0.717, 1.165) is 18.4 Å². The number of nitrogens with one attached hydrogen (secondary N) is 2. The standard InChI is InChI=1S/C44H69N5O9/c1-13-14-16-23-33-44(9,10)43(56)46-34(26(2)3)40(53)48(12)36(28(6)7)42(55)57-32(25-30-20-17-15-18-21-30)39(52)49-24-19-22-31(49)38(51)47(11)29(8)37(50)45-35(27(4)5)41(54)58-33/h15,17-18,20-21,26-29,31-36H,13-14,16,19,22-25H2,1-12H3,(H,45,50)(H,46,56).